The summed E-state index contributed by atoms with van der Waals surface area (Å²) in [6.07, 6.45) is 3.05. The van der Waals surface area contributed by atoms with Crippen LogP contribution in [0.4, 0.5) is 0 Å². The van der Waals surface area contributed by atoms with Crippen molar-refractivity contribution in [1.82, 2.24) is 9.97 Å². The molecule has 1 aromatic heterocycles. The van der Waals surface area contributed by atoms with Crippen molar-refractivity contribution in [1.29, 1.82) is 0 Å². The maximum Gasteiger partial charge on any atom is 0.257 e. The Morgan fingerprint density at radius 3 is 2.43 bits per heavy atom. The van der Waals surface area contributed by atoms with E-state index in [0.717, 1.165) is 0 Å². The van der Waals surface area contributed by atoms with E-state index in [1.807, 2.05) is 30.3 Å². The van der Waals surface area contributed by atoms with Crippen molar-refractivity contribution in [3.05, 3.63) is 47.9 Å². The Morgan fingerprint density at radius 1 is 1.00 bits per heavy atom. The predicted octanol–water partition coefficient (Wildman–Crippen LogP) is 2.92. The fraction of sp³-hybridized carbons (Fsp3) is 0. The highest BCUT2D eigenvalue weighted by Gasteiger charge is 2.03. The monoisotopic (exact) mass is 206 g/mol. The number of halogens is 1. The Hall–Kier alpha value is -1.61. The lowest BCUT2D eigenvalue weighted by Gasteiger charge is -2.03. The summed E-state index contributed by atoms with van der Waals surface area (Å²) in [5.74, 6) is 1.01. The molecule has 0 fully saturated rings. The second-order valence-electron chi connectivity index (χ2n) is 2.57. The Kier molecular flexibility index (Phi) is 2.60. The van der Waals surface area contributed by atoms with Crippen molar-refractivity contribution >= 4 is 11.6 Å². The van der Waals surface area contributed by atoms with Gasteiger partial charge in [-0.05, 0) is 12.1 Å². The first-order valence-corrected chi connectivity index (χ1v) is 4.43. The Morgan fingerprint density at radius 2 is 1.71 bits per heavy atom. The van der Waals surface area contributed by atoms with E-state index in [1.54, 1.807) is 0 Å². The number of hydrogen-bond donors (Lipinski definition) is 0. The summed E-state index contributed by atoms with van der Waals surface area (Å²) in [5.41, 5.74) is 0. The van der Waals surface area contributed by atoms with E-state index in [1.165, 1.54) is 12.4 Å². The number of aromatic nitrogens is 2. The molecular formula is C10H7ClN2O. The van der Waals surface area contributed by atoms with Gasteiger partial charge < -0.3 is 4.74 Å². The second kappa shape index (κ2) is 4.07. The first kappa shape index (κ1) is 8.97. The standard InChI is InChI=1S/C10H7ClN2O/c11-9-10(13-7-6-12-9)14-8-4-2-1-3-5-8/h1-7H. The molecule has 0 N–H and O–H groups in total. The van der Waals surface area contributed by atoms with Crippen LogP contribution < -0.4 is 4.74 Å². The van der Waals surface area contributed by atoms with Gasteiger partial charge in [0.1, 0.15) is 5.75 Å². The van der Waals surface area contributed by atoms with Gasteiger partial charge in [-0.2, -0.15) is 0 Å². The highest BCUT2D eigenvalue weighted by molar-refractivity contribution is 6.30. The van der Waals surface area contributed by atoms with Crippen LogP contribution in [-0.4, -0.2) is 9.97 Å². The highest BCUT2D eigenvalue weighted by Crippen LogP contribution is 2.23. The fourth-order valence-electron chi connectivity index (χ4n) is 0.977. The summed E-state index contributed by atoms with van der Waals surface area (Å²) < 4.78 is 5.40. The van der Waals surface area contributed by atoms with Crippen molar-refractivity contribution in [2.45, 2.75) is 0 Å². The molecule has 0 unspecified atom stereocenters. The number of benzene rings is 1. The molecule has 0 aliphatic carbocycles. The maximum atomic E-state index is 5.78. The zero-order chi connectivity index (χ0) is 9.80. The lowest BCUT2D eigenvalue weighted by atomic mass is 10.3. The molecule has 1 heterocycles. The summed E-state index contributed by atoms with van der Waals surface area (Å²) in [7, 11) is 0. The molecular weight excluding hydrogens is 200 g/mol. The van der Waals surface area contributed by atoms with Gasteiger partial charge >= 0.3 is 0 Å². The van der Waals surface area contributed by atoms with Crippen molar-refractivity contribution in [2.24, 2.45) is 0 Å². The van der Waals surface area contributed by atoms with E-state index in [9.17, 15) is 0 Å². The molecule has 4 heteroatoms. The van der Waals surface area contributed by atoms with Crippen LogP contribution in [0.1, 0.15) is 0 Å². The first-order chi connectivity index (χ1) is 6.86. The number of rotatable bonds is 2. The van der Waals surface area contributed by atoms with Gasteiger partial charge in [-0.25, -0.2) is 9.97 Å². The van der Waals surface area contributed by atoms with Crippen LogP contribution in [0.15, 0.2) is 42.7 Å². The van der Waals surface area contributed by atoms with Crippen LogP contribution >= 0.6 is 11.6 Å². The molecule has 0 aliphatic heterocycles. The minimum atomic E-state index is 0.261. The van der Waals surface area contributed by atoms with Crippen LogP contribution in [0.25, 0.3) is 0 Å². The molecule has 2 aromatic rings. The summed E-state index contributed by atoms with van der Waals surface area (Å²) in [4.78, 5) is 7.81. The summed E-state index contributed by atoms with van der Waals surface area (Å²) >= 11 is 5.78. The van der Waals surface area contributed by atoms with Crippen molar-refractivity contribution < 1.29 is 4.74 Å². The summed E-state index contributed by atoms with van der Waals surface area (Å²) in [5, 5.41) is 0.261. The molecule has 3 nitrogen and oxygen atoms in total. The largest absolute Gasteiger partial charge is 0.436 e. The second-order valence-corrected chi connectivity index (χ2v) is 2.93. The molecule has 0 radical (unpaired) electrons. The number of para-hydroxylation sites is 1. The SMILES string of the molecule is Clc1nccnc1Oc1ccccc1. The lowest BCUT2D eigenvalue weighted by molar-refractivity contribution is 0.460. The van der Waals surface area contributed by atoms with E-state index >= 15 is 0 Å². The van der Waals surface area contributed by atoms with E-state index in [0.29, 0.717) is 11.6 Å². The average Bonchev–Trinajstić information content (AvgIpc) is 2.23. The van der Waals surface area contributed by atoms with E-state index < -0.39 is 0 Å². The molecule has 0 saturated carbocycles. The number of ether oxygens (including phenoxy) is 1. The molecule has 0 amide bonds. The molecule has 0 atom stereocenters. The zero-order valence-electron chi connectivity index (χ0n) is 7.22. The number of nitrogens with zero attached hydrogens (tertiary/aromatic N) is 2. The van der Waals surface area contributed by atoms with Crippen molar-refractivity contribution in [3.63, 3.8) is 0 Å². The molecule has 0 bridgehead atoms. The minimum Gasteiger partial charge on any atom is -0.436 e. The van der Waals surface area contributed by atoms with Crippen molar-refractivity contribution in [3.8, 4) is 11.6 Å². The van der Waals surface area contributed by atoms with Gasteiger partial charge in [0.15, 0.2) is 5.15 Å². The van der Waals surface area contributed by atoms with Crippen LogP contribution in [-0.2, 0) is 0 Å². The fourth-order valence-corrected chi connectivity index (χ4v) is 1.12. The van der Waals surface area contributed by atoms with Gasteiger partial charge in [-0.15, -0.1) is 0 Å². The highest BCUT2D eigenvalue weighted by atomic mass is 35.5. The third-order valence-corrected chi connectivity index (χ3v) is 1.84. The minimum absolute atomic E-state index is 0.261. The topological polar surface area (TPSA) is 35.0 Å². The Labute approximate surface area is 86.3 Å². The normalized spacial score (nSPS) is 9.79. The molecule has 1 aromatic carbocycles. The third-order valence-electron chi connectivity index (χ3n) is 1.58. The summed E-state index contributed by atoms with van der Waals surface area (Å²) in [6, 6.07) is 9.31. The van der Waals surface area contributed by atoms with Crippen LogP contribution in [0.5, 0.6) is 11.6 Å². The molecule has 70 valence electrons. The van der Waals surface area contributed by atoms with Gasteiger partial charge in [-0.1, -0.05) is 29.8 Å². The van der Waals surface area contributed by atoms with E-state index in [4.69, 9.17) is 16.3 Å². The Bertz CT molecular complexity index is 419. The maximum absolute atomic E-state index is 5.78. The smallest absolute Gasteiger partial charge is 0.257 e. The summed E-state index contributed by atoms with van der Waals surface area (Å²) in [6.45, 7) is 0. The van der Waals surface area contributed by atoms with Gasteiger partial charge in [0.2, 0.25) is 0 Å². The van der Waals surface area contributed by atoms with E-state index in [-0.39, 0.29) is 5.15 Å². The quantitative estimate of drug-likeness (QED) is 0.758. The lowest BCUT2D eigenvalue weighted by Crippen LogP contribution is -1.89. The Balaban J connectivity index is 2.24. The predicted molar refractivity (Wildman–Crippen MR) is 53.6 cm³/mol. The van der Waals surface area contributed by atoms with Crippen LogP contribution in [0, 0.1) is 0 Å². The van der Waals surface area contributed by atoms with Gasteiger partial charge in [-0.3, -0.25) is 0 Å². The molecule has 14 heavy (non-hydrogen) atoms. The van der Waals surface area contributed by atoms with Crippen molar-refractivity contribution in [2.75, 3.05) is 0 Å². The molecule has 2 rings (SSSR count). The average molecular weight is 207 g/mol. The van der Waals surface area contributed by atoms with Crippen LogP contribution in [0.3, 0.4) is 0 Å². The third kappa shape index (κ3) is 2.00. The molecule has 0 spiro atoms. The molecule has 0 saturated heterocycles. The zero-order valence-corrected chi connectivity index (χ0v) is 7.98. The van der Waals surface area contributed by atoms with Crippen LogP contribution in [0.2, 0.25) is 5.15 Å². The van der Waals surface area contributed by atoms with Gasteiger partial charge in [0, 0.05) is 12.4 Å². The van der Waals surface area contributed by atoms with Gasteiger partial charge in [0.25, 0.3) is 5.88 Å². The number of hydrogen-bond acceptors (Lipinski definition) is 3. The first-order valence-electron chi connectivity index (χ1n) is 4.05. The van der Waals surface area contributed by atoms with E-state index in [2.05, 4.69) is 9.97 Å². The molecule has 0 aliphatic rings. The van der Waals surface area contributed by atoms with Gasteiger partial charge in [0.05, 0.1) is 0 Å².